The highest BCUT2D eigenvalue weighted by molar-refractivity contribution is 6.20. The number of hydrogen-bond acceptors (Lipinski definition) is 1. The summed E-state index contributed by atoms with van der Waals surface area (Å²) in [4.78, 5) is 11.3. The number of carbonyl (C=O) groups excluding carboxylic acids is 1. The van der Waals surface area contributed by atoms with Crippen molar-refractivity contribution in [2.24, 2.45) is 0 Å². The number of para-hydroxylation sites is 1. The molecule has 0 aliphatic carbocycles. The topological polar surface area (TPSA) is 22.0 Å². The molecule has 1 aromatic heterocycles. The Morgan fingerprint density at radius 3 is 3.00 bits per heavy atom. The minimum atomic E-state index is 0.152. The molecule has 1 aromatic carbocycles. The Kier molecular flexibility index (Phi) is 2.67. The van der Waals surface area contributed by atoms with Gasteiger partial charge in [0.2, 0.25) is 0 Å². The van der Waals surface area contributed by atoms with Crippen molar-refractivity contribution in [3.63, 3.8) is 0 Å². The Labute approximate surface area is 105 Å². The third kappa shape index (κ3) is 1.67. The van der Waals surface area contributed by atoms with Crippen LogP contribution < -0.4 is 0 Å². The normalized spacial score (nSPS) is 19.9. The number of nitrogens with zero attached hydrogens (tertiary/aromatic N) is 1. The molecular weight excluding hydrogens is 234 g/mol. The number of aryl methyl sites for hydroxylation is 1. The van der Waals surface area contributed by atoms with Crippen molar-refractivity contribution in [2.75, 3.05) is 0 Å². The molecule has 0 N–H and O–H groups in total. The fraction of sp³-hybridized carbons (Fsp3) is 0.357. The monoisotopic (exact) mass is 247 g/mol. The van der Waals surface area contributed by atoms with Gasteiger partial charge < -0.3 is 4.57 Å². The van der Waals surface area contributed by atoms with Gasteiger partial charge in [0.1, 0.15) is 0 Å². The van der Waals surface area contributed by atoms with E-state index in [-0.39, 0.29) is 5.38 Å². The summed E-state index contributed by atoms with van der Waals surface area (Å²) in [6.45, 7) is 0.965. The van der Waals surface area contributed by atoms with E-state index in [2.05, 4.69) is 10.6 Å². The molecular formula is C14H14ClNO. The zero-order valence-electron chi connectivity index (χ0n) is 9.53. The Bertz CT molecular complexity index is 573. The minimum Gasteiger partial charge on any atom is -0.344 e. The van der Waals surface area contributed by atoms with E-state index >= 15 is 0 Å². The van der Waals surface area contributed by atoms with Gasteiger partial charge in [-0.1, -0.05) is 18.2 Å². The van der Waals surface area contributed by atoms with Crippen LogP contribution in [0.1, 0.15) is 28.9 Å². The lowest BCUT2D eigenvalue weighted by atomic mass is 10.1. The number of alkyl halides is 1. The van der Waals surface area contributed by atoms with Crippen LogP contribution in [0.25, 0.3) is 10.9 Å². The number of hydrogen-bond donors (Lipinski definition) is 0. The summed E-state index contributed by atoms with van der Waals surface area (Å²) in [6, 6.07) is 8.10. The highest BCUT2D eigenvalue weighted by atomic mass is 35.5. The molecule has 2 heterocycles. The second-order valence-corrected chi connectivity index (χ2v) is 5.21. The average molecular weight is 248 g/mol. The summed E-state index contributed by atoms with van der Waals surface area (Å²) in [5, 5.41) is 1.21. The number of fused-ring (bicyclic) bond motifs is 3. The third-order valence-corrected chi connectivity index (χ3v) is 3.93. The van der Waals surface area contributed by atoms with E-state index in [1.807, 2.05) is 18.2 Å². The number of aromatic nitrogens is 1. The van der Waals surface area contributed by atoms with Crippen molar-refractivity contribution < 1.29 is 4.79 Å². The summed E-state index contributed by atoms with van der Waals surface area (Å²) >= 11 is 6.28. The van der Waals surface area contributed by atoms with Crippen LogP contribution in [-0.2, 0) is 13.0 Å². The zero-order valence-corrected chi connectivity index (χ0v) is 10.3. The van der Waals surface area contributed by atoms with E-state index in [0.29, 0.717) is 0 Å². The lowest BCUT2D eigenvalue weighted by Gasteiger charge is -2.06. The first-order valence-corrected chi connectivity index (χ1v) is 6.44. The molecule has 88 valence electrons. The number of rotatable bonds is 1. The van der Waals surface area contributed by atoms with E-state index in [9.17, 15) is 4.79 Å². The maximum absolute atomic E-state index is 11.3. The van der Waals surface area contributed by atoms with Crippen molar-refractivity contribution in [3.05, 3.63) is 35.5 Å². The van der Waals surface area contributed by atoms with Crippen LogP contribution in [0, 0.1) is 0 Å². The smallest absolute Gasteiger partial charge is 0.152 e. The fourth-order valence-corrected chi connectivity index (χ4v) is 3.07. The number of carbonyl (C=O) groups is 1. The summed E-state index contributed by atoms with van der Waals surface area (Å²) in [5.74, 6) is 0. The van der Waals surface area contributed by atoms with Crippen LogP contribution in [0.2, 0.25) is 0 Å². The van der Waals surface area contributed by atoms with Crippen molar-refractivity contribution >= 4 is 28.8 Å². The largest absolute Gasteiger partial charge is 0.344 e. The highest BCUT2D eigenvalue weighted by Crippen LogP contribution is 2.30. The first-order chi connectivity index (χ1) is 8.31. The first kappa shape index (κ1) is 10.8. The van der Waals surface area contributed by atoms with Crippen LogP contribution in [0.15, 0.2) is 24.3 Å². The van der Waals surface area contributed by atoms with Crippen LogP contribution in [-0.4, -0.2) is 16.2 Å². The van der Waals surface area contributed by atoms with Crippen LogP contribution >= 0.6 is 11.6 Å². The standard InChI is InChI=1S/C14H14ClNO/c15-10-4-3-7-16-13-6-2-1-5-11(13)12(9-17)14(16)8-10/h1-2,5-6,9-10H,3-4,7-8H2/t10-/m0/s1. The SMILES string of the molecule is O=Cc1c2n(c3ccccc13)CCC[C@H](Cl)C2. The summed E-state index contributed by atoms with van der Waals surface area (Å²) < 4.78 is 2.27. The van der Waals surface area contributed by atoms with Gasteiger partial charge in [-0.15, -0.1) is 11.6 Å². The molecule has 2 aromatic rings. The van der Waals surface area contributed by atoms with Gasteiger partial charge in [-0.2, -0.15) is 0 Å². The van der Waals surface area contributed by atoms with E-state index in [4.69, 9.17) is 11.6 Å². The van der Waals surface area contributed by atoms with Crippen molar-refractivity contribution in [3.8, 4) is 0 Å². The van der Waals surface area contributed by atoms with E-state index in [1.54, 1.807) is 0 Å². The van der Waals surface area contributed by atoms with E-state index in [1.165, 1.54) is 0 Å². The quantitative estimate of drug-likeness (QED) is 0.559. The molecule has 0 spiro atoms. The first-order valence-electron chi connectivity index (χ1n) is 6.00. The van der Waals surface area contributed by atoms with Crippen LogP contribution in [0.3, 0.4) is 0 Å². The summed E-state index contributed by atoms with van der Waals surface area (Å²) in [6.07, 6.45) is 3.88. The second kappa shape index (κ2) is 4.19. The van der Waals surface area contributed by atoms with Gasteiger partial charge in [-0.05, 0) is 18.9 Å². The second-order valence-electron chi connectivity index (χ2n) is 4.59. The lowest BCUT2D eigenvalue weighted by Crippen LogP contribution is -2.05. The van der Waals surface area contributed by atoms with Gasteiger partial charge in [0.15, 0.2) is 6.29 Å². The Morgan fingerprint density at radius 2 is 2.18 bits per heavy atom. The molecule has 17 heavy (non-hydrogen) atoms. The predicted octanol–water partition coefficient (Wildman–Crippen LogP) is 3.40. The Morgan fingerprint density at radius 1 is 1.35 bits per heavy atom. The molecule has 1 aliphatic rings. The minimum absolute atomic E-state index is 0.152. The molecule has 0 amide bonds. The molecule has 0 fully saturated rings. The summed E-state index contributed by atoms with van der Waals surface area (Å²) in [7, 11) is 0. The van der Waals surface area contributed by atoms with Gasteiger partial charge in [-0.25, -0.2) is 0 Å². The molecule has 3 heteroatoms. The molecule has 1 aliphatic heterocycles. The maximum atomic E-state index is 11.3. The fourth-order valence-electron chi connectivity index (χ4n) is 2.77. The Balaban J connectivity index is 2.31. The predicted molar refractivity (Wildman–Crippen MR) is 69.9 cm³/mol. The molecule has 0 unspecified atom stereocenters. The van der Waals surface area contributed by atoms with Gasteiger partial charge in [-0.3, -0.25) is 4.79 Å². The molecule has 2 nitrogen and oxygen atoms in total. The average Bonchev–Trinajstić information content (AvgIpc) is 2.50. The number of halogens is 1. The van der Waals surface area contributed by atoms with Gasteiger partial charge >= 0.3 is 0 Å². The van der Waals surface area contributed by atoms with Gasteiger partial charge in [0.05, 0.1) is 0 Å². The molecule has 1 atom stereocenters. The lowest BCUT2D eigenvalue weighted by molar-refractivity contribution is 0.112. The van der Waals surface area contributed by atoms with Crippen molar-refractivity contribution in [1.82, 2.24) is 4.57 Å². The van der Waals surface area contributed by atoms with E-state index in [0.717, 1.165) is 54.3 Å². The highest BCUT2D eigenvalue weighted by Gasteiger charge is 2.21. The third-order valence-electron chi connectivity index (χ3n) is 3.55. The van der Waals surface area contributed by atoms with E-state index < -0.39 is 0 Å². The van der Waals surface area contributed by atoms with Crippen molar-refractivity contribution in [2.45, 2.75) is 31.2 Å². The molecule has 0 saturated heterocycles. The Hall–Kier alpha value is -1.28. The maximum Gasteiger partial charge on any atom is 0.152 e. The van der Waals surface area contributed by atoms with Crippen LogP contribution in [0.5, 0.6) is 0 Å². The molecule has 0 bridgehead atoms. The number of aldehydes is 1. The van der Waals surface area contributed by atoms with Crippen molar-refractivity contribution in [1.29, 1.82) is 0 Å². The zero-order chi connectivity index (χ0) is 11.8. The van der Waals surface area contributed by atoms with Crippen LogP contribution in [0.4, 0.5) is 0 Å². The summed E-state index contributed by atoms with van der Waals surface area (Å²) in [5.41, 5.74) is 3.10. The van der Waals surface area contributed by atoms with Gasteiger partial charge in [0.25, 0.3) is 0 Å². The van der Waals surface area contributed by atoms with Gasteiger partial charge in [0, 0.05) is 40.5 Å². The number of benzene rings is 1. The molecule has 0 radical (unpaired) electrons. The molecule has 0 saturated carbocycles. The molecule has 3 rings (SSSR count).